The Morgan fingerprint density at radius 3 is 1.67 bits per heavy atom. The second-order valence-corrected chi connectivity index (χ2v) is 17.8. The van der Waals surface area contributed by atoms with Crippen molar-refractivity contribution >= 4 is 102 Å². The van der Waals surface area contributed by atoms with Gasteiger partial charge in [-0.3, -0.25) is 4.40 Å². The molecule has 0 spiro atoms. The topological polar surface area (TPSA) is 22.2 Å². The summed E-state index contributed by atoms with van der Waals surface area (Å²) < 4.78 is 7.27. The van der Waals surface area contributed by atoms with Crippen LogP contribution in [0.2, 0.25) is 0 Å². The Balaban J connectivity index is 0.889. The molecule has 0 bridgehead atoms. The van der Waals surface area contributed by atoms with Crippen LogP contribution in [0.5, 0.6) is 0 Å². The number of nitrogens with zero attached hydrogens (tertiary/aromatic N) is 3. The molecule has 0 saturated carbocycles. The number of thiophene rings is 1. The molecule has 0 amide bonds. The van der Waals surface area contributed by atoms with Crippen molar-refractivity contribution in [2.45, 2.75) is 0 Å². The number of aromatic nitrogens is 3. The average molecular weight is 818 g/mol. The highest BCUT2D eigenvalue weighted by Crippen LogP contribution is 2.43. The molecule has 0 N–H and O–H groups in total. The Morgan fingerprint density at radius 1 is 0.349 bits per heavy atom. The summed E-state index contributed by atoms with van der Waals surface area (Å²) in [5.74, 6) is 0. The summed E-state index contributed by atoms with van der Waals surface area (Å²) in [6.07, 6.45) is 0. The van der Waals surface area contributed by atoms with Gasteiger partial charge in [0.25, 0.3) is 0 Å². The van der Waals surface area contributed by atoms with Gasteiger partial charge in [0.1, 0.15) is 0 Å². The molecule has 0 unspecified atom stereocenters. The van der Waals surface area contributed by atoms with Crippen molar-refractivity contribution in [3.63, 3.8) is 0 Å². The monoisotopic (exact) mass is 817 g/mol. The number of imidazole rings is 1. The number of rotatable bonds is 4. The van der Waals surface area contributed by atoms with Gasteiger partial charge >= 0.3 is 0 Å². The lowest BCUT2D eigenvalue weighted by atomic mass is 9.98. The molecule has 0 aliphatic heterocycles. The molecule has 0 aliphatic rings. The van der Waals surface area contributed by atoms with Gasteiger partial charge in [-0.15, -0.1) is 11.3 Å². The zero-order valence-corrected chi connectivity index (χ0v) is 34.8. The Kier molecular flexibility index (Phi) is 7.27. The first-order chi connectivity index (χ1) is 31.2. The molecular formula is C59H35N3S. The van der Waals surface area contributed by atoms with Gasteiger partial charge in [0.05, 0.1) is 32.5 Å². The molecule has 0 fully saturated rings. The van der Waals surface area contributed by atoms with Crippen molar-refractivity contribution in [2.75, 3.05) is 0 Å². The van der Waals surface area contributed by atoms with Crippen LogP contribution in [0, 0.1) is 0 Å². The van der Waals surface area contributed by atoms with E-state index in [0.717, 1.165) is 27.9 Å². The zero-order chi connectivity index (χ0) is 41.2. The van der Waals surface area contributed by atoms with E-state index in [2.05, 4.69) is 221 Å². The molecule has 4 aromatic heterocycles. The highest BCUT2D eigenvalue weighted by molar-refractivity contribution is 7.26. The van der Waals surface area contributed by atoms with Crippen molar-refractivity contribution in [2.24, 2.45) is 0 Å². The van der Waals surface area contributed by atoms with Crippen LogP contribution in [0.1, 0.15) is 0 Å². The van der Waals surface area contributed by atoms with Crippen LogP contribution in [0.15, 0.2) is 212 Å². The fraction of sp³-hybridized carbons (Fsp3) is 0. The molecule has 3 nitrogen and oxygen atoms in total. The van der Waals surface area contributed by atoms with E-state index in [9.17, 15) is 0 Å². The van der Waals surface area contributed by atoms with Crippen LogP contribution in [0.3, 0.4) is 0 Å². The Hall–Kier alpha value is -8.05. The third kappa shape index (κ3) is 5.22. The summed E-state index contributed by atoms with van der Waals surface area (Å²) in [4.78, 5) is 5.55. The number of para-hydroxylation sites is 2. The summed E-state index contributed by atoms with van der Waals surface area (Å²) in [5.41, 5.74) is 13.8. The second kappa shape index (κ2) is 13.2. The highest BCUT2D eigenvalue weighted by atomic mass is 32.1. The van der Waals surface area contributed by atoms with Gasteiger partial charge in [-0.2, -0.15) is 0 Å². The van der Waals surface area contributed by atoms with Crippen LogP contribution in [0.25, 0.3) is 130 Å². The molecule has 4 heterocycles. The van der Waals surface area contributed by atoms with Crippen molar-refractivity contribution < 1.29 is 0 Å². The molecule has 0 atom stereocenters. The van der Waals surface area contributed by atoms with Crippen LogP contribution in [-0.2, 0) is 0 Å². The Labute approximate surface area is 366 Å². The molecule has 0 saturated heterocycles. The minimum absolute atomic E-state index is 1.01. The van der Waals surface area contributed by atoms with Gasteiger partial charge in [0, 0.05) is 37.3 Å². The van der Waals surface area contributed by atoms with E-state index in [1.807, 2.05) is 11.3 Å². The van der Waals surface area contributed by atoms with E-state index in [4.69, 9.17) is 4.98 Å². The number of pyridine rings is 1. The first-order valence-corrected chi connectivity index (χ1v) is 22.3. The third-order valence-electron chi connectivity index (χ3n) is 13.2. The molecule has 4 heteroatoms. The van der Waals surface area contributed by atoms with Gasteiger partial charge in [-0.1, -0.05) is 146 Å². The standard InChI is InChI=1S/C59H35N3S/c1-2-14-46(15-3-1)61-52-17-9-8-16-47(52)49-32-44(26-28-53(49)61)38-20-18-36(19-21-38)37-22-24-39(25-23-37)55-35-51-50-33-42-12-6-7-13-43(42)34-56(50)63-58(51)59-60-57-48-31-41-11-5-4-10-40(41)30-45(48)27-29-54(57)62(55)59/h1-35H. The van der Waals surface area contributed by atoms with Gasteiger partial charge in [0.15, 0.2) is 5.65 Å². The molecule has 63 heavy (non-hydrogen) atoms. The minimum atomic E-state index is 1.01. The minimum Gasteiger partial charge on any atom is -0.309 e. The fourth-order valence-corrected chi connectivity index (χ4v) is 11.4. The summed E-state index contributed by atoms with van der Waals surface area (Å²) in [5, 5.41) is 12.4. The normalized spacial score (nSPS) is 12.1. The lowest BCUT2D eigenvalue weighted by molar-refractivity contribution is 1.18. The Bertz CT molecular complexity index is 4170. The van der Waals surface area contributed by atoms with Crippen molar-refractivity contribution in [1.82, 2.24) is 14.0 Å². The predicted octanol–water partition coefficient (Wildman–Crippen LogP) is 16.4. The smallest absolute Gasteiger partial charge is 0.156 e. The van der Waals surface area contributed by atoms with Gasteiger partial charge < -0.3 is 4.57 Å². The number of fused-ring (bicyclic) bond motifs is 14. The number of hydrogen-bond donors (Lipinski definition) is 0. The van der Waals surface area contributed by atoms with Crippen LogP contribution < -0.4 is 0 Å². The predicted molar refractivity (Wildman–Crippen MR) is 269 cm³/mol. The highest BCUT2D eigenvalue weighted by Gasteiger charge is 2.20. The van der Waals surface area contributed by atoms with E-state index in [1.54, 1.807) is 0 Å². The largest absolute Gasteiger partial charge is 0.309 e. The SMILES string of the molecule is c1ccc(-n2c3ccccc3c3cc(-c4ccc(-c5ccc(-c6cc7c8cc9ccccc9cc8sc7c7nc8c9cc%10ccccc%10cc9ccc8n67)cc5)cc4)ccc32)cc1. The van der Waals surface area contributed by atoms with Gasteiger partial charge in [0.2, 0.25) is 0 Å². The lowest BCUT2D eigenvalue weighted by Gasteiger charge is -2.11. The number of hydrogen-bond acceptors (Lipinski definition) is 2. The quantitative estimate of drug-likeness (QED) is 0.162. The zero-order valence-electron chi connectivity index (χ0n) is 34.0. The molecular weight excluding hydrogens is 783 g/mol. The summed E-state index contributed by atoms with van der Waals surface area (Å²) >= 11 is 1.85. The number of benzene rings is 10. The van der Waals surface area contributed by atoms with Gasteiger partial charge in [-0.25, -0.2) is 4.98 Å². The first-order valence-electron chi connectivity index (χ1n) is 21.5. The summed E-state index contributed by atoms with van der Waals surface area (Å²) in [6.45, 7) is 0. The molecule has 0 radical (unpaired) electrons. The van der Waals surface area contributed by atoms with Gasteiger partial charge in [-0.05, 0) is 121 Å². The van der Waals surface area contributed by atoms with Crippen LogP contribution >= 0.6 is 11.3 Å². The van der Waals surface area contributed by atoms with Crippen molar-refractivity contribution in [1.29, 1.82) is 0 Å². The van der Waals surface area contributed by atoms with E-state index >= 15 is 0 Å². The molecule has 14 rings (SSSR count). The maximum atomic E-state index is 5.55. The maximum Gasteiger partial charge on any atom is 0.156 e. The first kappa shape index (κ1) is 34.6. The van der Waals surface area contributed by atoms with Crippen molar-refractivity contribution in [3.8, 4) is 39.2 Å². The van der Waals surface area contributed by atoms with Crippen LogP contribution in [0.4, 0.5) is 0 Å². The van der Waals surface area contributed by atoms with Crippen LogP contribution in [-0.4, -0.2) is 14.0 Å². The molecule has 292 valence electrons. The van der Waals surface area contributed by atoms with E-state index in [0.29, 0.717) is 0 Å². The van der Waals surface area contributed by atoms with E-state index in [-0.39, 0.29) is 0 Å². The average Bonchev–Trinajstić information content (AvgIpc) is 4.02. The fourth-order valence-electron chi connectivity index (χ4n) is 10.2. The summed E-state index contributed by atoms with van der Waals surface area (Å²) in [7, 11) is 0. The van der Waals surface area contributed by atoms with Crippen molar-refractivity contribution in [3.05, 3.63) is 212 Å². The summed E-state index contributed by atoms with van der Waals surface area (Å²) in [6, 6.07) is 77.9. The van der Waals surface area contributed by atoms with E-state index < -0.39 is 0 Å². The maximum absolute atomic E-state index is 5.55. The van der Waals surface area contributed by atoms with E-state index in [1.165, 1.54) is 102 Å². The Morgan fingerprint density at radius 2 is 0.921 bits per heavy atom. The second-order valence-electron chi connectivity index (χ2n) is 16.8. The molecule has 10 aromatic carbocycles. The lowest BCUT2D eigenvalue weighted by Crippen LogP contribution is -1.93. The molecule has 14 aromatic rings. The third-order valence-corrected chi connectivity index (χ3v) is 14.4. The molecule has 0 aliphatic carbocycles.